The molecular weight excluding hydrogens is 316 g/mol. The lowest BCUT2D eigenvalue weighted by atomic mass is 10.1. The van der Waals surface area contributed by atoms with Crippen molar-refractivity contribution in [2.24, 2.45) is 0 Å². The molecule has 0 saturated heterocycles. The number of pyridine rings is 1. The molecular formula is C19H20N4S. The van der Waals surface area contributed by atoms with Crippen LogP contribution in [0.5, 0.6) is 0 Å². The number of nitrogens with zero attached hydrogens (tertiary/aromatic N) is 3. The van der Waals surface area contributed by atoms with Crippen molar-refractivity contribution in [2.75, 3.05) is 5.75 Å². The SMILES string of the molecule is CCSc1ccc([C@@H](C)NCc2cnc3ccc(C#N)cn23)cc1. The van der Waals surface area contributed by atoms with E-state index in [0.29, 0.717) is 12.1 Å². The fourth-order valence-corrected chi connectivity index (χ4v) is 3.28. The maximum absolute atomic E-state index is 9.05. The van der Waals surface area contributed by atoms with Gasteiger partial charge in [-0.2, -0.15) is 5.26 Å². The number of hydrogen-bond donors (Lipinski definition) is 1. The van der Waals surface area contributed by atoms with E-state index in [1.54, 1.807) is 6.07 Å². The third-order valence-electron chi connectivity index (χ3n) is 3.99. The minimum atomic E-state index is 0.246. The van der Waals surface area contributed by atoms with Crippen LogP contribution < -0.4 is 5.32 Å². The Morgan fingerprint density at radius 2 is 2.04 bits per heavy atom. The molecule has 3 aromatic rings. The summed E-state index contributed by atoms with van der Waals surface area (Å²) in [6.45, 7) is 5.02. The fraction of sp³-hybridized carbons (Fsp3) is 0.263. The molecule has 0 aliphatic carbocycles. The van der Waals surface area contributed by atoms with Crippen LogP contribution in [-0.4, -0.2) is 15.1 Å². The van der Waals surface area contributed by atoms with E-state index in [1.807, 2.05) is 34.6 Å². The van der Waals surface area contributed by atoms with Crippen molar-refractivity contribution in [3.63, 3.8) is 0 Å². The van der Waals surface area contributed by atoms with Crippen LogP contribution in [0, 0.1) is 11.3 Å². The average molecular weight is 336 g/mol. The summed E-state index contributed by atoms with van der Waals surface area (Å²) in [5.74, 6) is 1.09. The van der Waals surface area contributed by atoms with Crippen LogP contribution in [0.25, 0.3) is 5.65 Å². The molecule has 5 heteroatoms. The van der Waals surface area contributed by atoms with Crippen LogP contribution in [-0.2, 0) is 6.54 Å². The van der Waals surface area contributed by atoms with E-state index in [-0.39, 0.29) is 6.04 Å². The molecule has 0 bridgehead atoms. The lowest BCUT2D eigenvalue weighted by Gasteiger charge is -2.14. The van der Waals surface area contributed by atoms with Crippen molar-refractivity contribution in [1.29, 1.82) is 5.26 Å². The third kappa shape index (κ3) is 3.61. The first-order valence-corrected chi connectivity index (χ1v) is 9.02. The second-order valence-corrected chi connectivity index (χ2v) is 6.95. The summed E-state index contributed by atoms with van der Waals surface area (Å²) in [4.78, 5) is 5.69. The van der Waals surface area contributed by atoms with E-state index in [1.165, 1.54) is 10.5 Å². The summed E-state index contributed by atoms with van der Waals surface area (Å²) in [5.41, 5.74) is 3.81. The third-order valence-corrected chi connectivity index (χ3v) is 4.89. The lowest BCUT2D eigenvalue weighted by Crippen LogP contribution is -2.19. The Balaban J connectivity index is 1.70. The molecule has 0 fully saturated rings. The monoisotopic (exact) mass is 336 g/mol. The van der Waals surface area contributed by atoms with Crippen molar-refractivity contribution < 1.29 is 0 Å². The smallest absolute Gasteiger partial charge is 0.137 e. The summed E-state index contributed by atoms with van der Waals surface area (Å²) in [6, 6.07) is 14.8. The van der Waals surface area contributed by atoms with Crippen molar-refractivity contribution in [3.8, 4) is 6.07 Å². The first kappa shape index (κ1) is 16.6. The molecule has 0 amide bonds. The number of thioether (sulfide) groups is 1. The average Bonchev–Trinajstić information content (AvgIpc) is 3.02. The fourth-order valence-electron chi connectivity index (χ4n) is 2.62. The molecule has 4 nitrogen and oxygen atoms in total. The zero-order valence-electron chi connectivity index (χ0n) is 13.9. The second kappa shape index (κ2) is 7.52. The van der Waals surface area contributed by atoms with Gasteiger partial charge >= 0.3 is 0 Å². The van der Waals surface area contributed by atoms with Gasteiger partial charge in [0.05, 0.1) is 17.5 Å². The highest BCUT2D eigenvalue weighted by Gasteiger charge is 2.08. The van der Waals surface area contributed by atoms with Gasteiger partial charge in [0.2, 0.25) is 0 Å². The van der Waals surface area contributed by atoms with E-state index in [4.69, 9.17) is 5.26 Å². The number of benzene rings is 1. The van der Waals surface area contributed by atoms with Crippen molar-refractivity contribution in [1.82, 2.24) is 14.7 Å². The number of hydrogen-bond acceptors (Lipinski definition) is 4. The van der Waals surface area contributed by atoms with Gasteiger partial charge in [-0.3, -0.25) is 0 Å². The van der Waals surface area contributed by atoms with Crippen molar-refractivity contribution in [3.05, 3.63) is 65.6 Å². The quantitative estimate of drug-likeness (QED) is 0.687. The van der Waals surface area contributed by atoms with Crippen LogP contribution in [0.4, 0.5) is 0 Å². The molecule has 2 heterocycles. The first-order valence-electron chi connectivity index (χ1n) is 8.03. The second-order valence-electron chi connectivity index (χ2n) is 5.61. The molecule has 0 unspecified atom stereocenters. The number of nitrogens with one attached hydrogen (secondary N) is 1. The Morgan fingerprint density at radius 1 is 1.25 bits per heavy atom. The van der Waals surface area contributed by atoms with Gasteiger partial charge in [0.1, 0.15) is 11.7 Å². The maximum atomic E-state index is 9.05. The summed E-state index contributed by atoms with van der Waals surface area (Å²) >= 11 is 1.85. The van der Waals surface area contributed by atoms with E-state index in [9.17, 15) is 0 Å². The van der Waals surface area contributed by atoms with Crippen LogP contribution in [0.1, 0.15) is 36.7 Å². The molecule has 0 aliphatic rings. The van der Waals surface area contributed by atoms with E-state index in [2.05, 4.69) is 54.5 Å². The molecule has 122 valence electrons. The summed E-state index contributed by atoms with van der Waals surface area (Å²) in [6.07, 6.45) is 3.69. The molecule has 0 saturated carbocycles. The summed E-state index contributed by atoms with van der Waals surface area (Å²) in [5, 5.41) is 12.6. The van der Waals surface area contributed by atoms with Gasteiger partial charge < -0.3 is 9.72 Å². The van der Waals surface area contributed by atoms with E-state index < -0.39 is 0 Å². The Labute approximate surface area is 146 Å². The van der Waals surface area contributed by atoms with Gasteiger partial charge in [-0.25, -0.2) is 4.98 Å². The zero-order chi connectivity index (χ0) is 16.9. The predicted molar refractivity (Wildman–Crippen MR) is 98.0 cm³/mol. The van der Waals surface area contributed by atoms with Gasteiger partial charge in [0.15, 0.2) is 0 Å². The van der Waals surface area contributed by atoms with Gasteiger partial charge in [-0.05, 0) is 42.5 Å². The maximum Gasteiger partial charge on any atom is 0.137 e. The Hall–Kier alpha value is -2.29. The minimum Gasteiger partial charge on any atom is -0.305 e. The molecule has 0 aliphatic heterocycles. The summed E-state index contributed by atoms with van der Waals surface area (Å²) in [7, 11) is 0. The molecule has 1 atom stereocenters. The molecule has 1 N–H and O–H groups in total. The Bertz CT molecular complexity index is 861. The number of aromatic nitrogens is 2. The number of nitriles is 1. The Morgan fingerprint density at radius 3 is 2.75 bits per heavy atom. The molecule has 3 rings (SSSR count). The van der Waals surface area contributed by atoms with E-state index in [0.717, 1.165) is 17.1 Å². The highest BCUT2D eigenvalue weighted by Crippen LogP contribution is 2.21. The lowest BCUT2D eigenvalue weighted by molar-refractivity contribution is 0.565. The molecule has 1 aromatic carbocycles. The van der Waals surface area contributed by atoms with Gasteiger partial charge in [0, 0.05) is 23.7 Å². The summed E-state index contributed by atoms with van der Waals surface area (Å²) < 4.78 is 1.97. The van der Waals surface area contributed by atoms with Crippen LogP contribution >= 0.6 is 11.8 Å². The minimum absolute atomic E-state index is 0.246. The molecule has 24 heavy (non-hydrogen) atoms. The highest BCUT2D eigenvalue weighted by molar-refractivity contribution is 7.99. The predicted octanol–water partition coefficient (Wildman–Crippen LogP) is 4.17. The number of imidazole rings is 1. The van der Waals surface area contributed by atoms with E-state index >= 15 is 0 Å². The van der Waals surface area contributed by atoms with Gasteiger partial charge in [-0.1, -0.05) is 19.1 Å². The molecule has 2 aromatic heterocycles. The molecule has 0 radical (unpaired) electrons. The Kier molecular flexibility index (Phi) is 5.19. The van der Waals surface area contributed by atoms with Crippen LogP contribution in [0.15, 0.2) is 53.7 Å². The topological polar surface area (TPSA) is 53.1 Å². The largest absolute Gasteiger partial charge is 0.305 e. The zero-order valence-corrected chi connectivity index (χ0v) is 14.7. The van der Waals surface area contributed by atoms with Gasteiger partial charge in [0.25, 0.3) is 0 Å². The molecule has 0 spiro atoms. The first-order chi connectivity index (χ1) is 11.7. The number of rotatable bonds is 6. The van der Waals surface area contributed by atoms with Gasteiger partial charge in [-0.15, -0.1) is 11.8 Å². The normalized spacial score (nSPS) is 12.2. The number of fused-ring (bicyclic) bond motifs is 1. The van der Waals surface area contributed by atoms with Crippen molar-refractivity contribution in [2.45, 2.75) is 31.3 Å². The van der Waals surface area contributed by atoms with Crippen LogP contribution in [0.3, 0.4) is 0 Å². The highest BCUT2D eigenvalue weighted by atomic mass is 32.2. The van der Waals surface area contributed by atoms with Crippen LogP contribution in [0.2, 0.25) is 0 Å². The standard InChI is InChI=1S/C19H20N4S/c1-3-24-18-7-5-16(6-8-18)14(2)21-11-17-12-22-19-9-4-15(10-20)13-23(17)19/h4-9,12-14,21H,3,11H2,1-2H3/t14-/m1/s1. The van der Waals surface area contributed by atoms with Crippen molar-refractivity contribution >= 4 is 17.4 Å².